The summed E-state index contributed by atoms with van der Waals surface area (Å²) >= 11 is 0. The second-order valence-electron chi connectivity index (χ2n) is 3.41. The number of nitrogens with zero attached hydrogens (tertiary/aromatic N) is 2. The minimum atomic E-state index is -4.89. The van der Waals surface area contributed by atoms with Crippen LogP contribution >= 0.6 is 0 Å². The lowest BCUT2D eigenvalue weighted by Gasteiger charge is -2.06. The van der Waals surface area contributed by atoms with Gasteiger partial charge in [-0.25, -0.2) is 4.98 Å². The average Bonchev–Trinajstić information content (AvgIpc) is 2.57. The Bertz CT molecular complexity index is 557. The topological polar surface area (TPSA) is 34.9 Å². The molecule has 0 aliphatic carbocycles. The highest BCUT2D eigenvalue weighted by Gasteiger charge is 2.40. The van der Waals surface area contributed by atoms with E-state index in [4.69, 9.17) is 0 Å². The van der Waals surface area contributed by atoms with E-state index in [1.54, 1.807) is 19.1 Å². The first-order valence-corrected chi connectivity index (χ1v) is 4.45. The van der Waals surface area contributed by atoms with Gasteiger partial charge in [-0.2, -0.15) is 13.2 Å². The number of imidazole rings is 1. The Labute approximate surface area is 88.5 Å². The third-order valence-electron chi connectivity index (χ3n) is 2.16. The summed E-state index contributed by atoms with van der Waals surface area (Å²) in [5, 5.41) is 0. The van der Waals surface area contributed by atoms with E-state index in [0.717, 1.165) is 11.9 Å². The number of hydrogen-bond acceptors (Lipinski definition) is 2. The van der Waals surface area contributed by atoms with Crippen molar-refractivity contribution >= 4 is 16.9 Å². The number of carbonyl (C=O) groups is 1. The van der Waals surface area contributed by atoms with Gasteiger partial charge in [0.05, 0.1) is 11.0 Å². The summed E-state index contributed by atoms with van der Waals surface area (Å²) in [6.07, 6.45) is -4.00. The predicted octanol–water partition coefficient (Wildman–Crippen LogP) is 2.55. The first-order chi connectivity index (χ1) is 7.39. The van der Waals surface area contributed by atoms with Crippen LogP contribution in [0.5, 0.6) is 0 Å². The third-order valence-corrected chi connectivity index (χ3v) is 2.16. The van der Waals surface area contributed by atoms with E-state index in [0.29, 0.717) is 10.1 Å². The van der Waals surface area contributed by atoms with Crippen LogP contribution < -0.4 is 0 Å². The van der Waals surface area contributed by atoms with Crippen LogP contribution in [0.2, 0.25) is 0 Å². The molecule has 0 spiro atoms. The largest absolute Gasteiger partial charge is 0.472 e. The highest BCUT2D eigenvalue weighted by atomic mass is 19.4. The van der Waals surface area contributed by atoms with Crippen LogP contribution in [-0.4, -0.2) is 21.6 Å². The first-order valence-electron chi connectivity index (χ1n) is 4.45. The molecule has 6 heteroatoms. The molecule has 0 atom stereocenters. The van der Waals surface area contributed by atoms with Gasteiger partial charge in [-0.1, -0.05) is 6.07 Å². The van der Waals surface area contributed by atoms with Crippen molar-refractivity contribution in [3.8, 4) is 0 Å². The fraction of sp³-hybridized carbons (Fsp3) is 0.200. The molecule has 0 amide bonds. The molecule has 0 unspecified atom stereocenters. The summed E-state index contributed by atoms with van der Waals surface area (Å²) in [5.74, 6) is -1.93. The van der Waals surface area contributed by atoms with Crippen LogP contribution in [0.1, 0.15) is 10.4 Å². The minimum absolute atomic E-state index is 0.169. The molecule has 84 valence electrons. The predicted molar refractivity (Wildman–Crippen MR) is 51.2 cm³/mol. The van der Waals surface area contributed by atoms with Crippen molar-refractivity contribution in [3.63, 3.8) is 0 Å². The molecule has 1 aromatic heterocycles. The highest BCUT2D eigenvalue weighted by molar-refractivity contribution is 5.93. The Kier molecular flexibility index (Phi) is 2.22. The lowest BCUT2D eigenvalue weighted by Crippen LogP contribution is -2.28. The van der Waals surface area contributed by atoms with Crippen molar-refractivity contribution in [1.29, 1.82) is 0 Å². The number of aryl methyl sites for hydroxylation is 1. The molecule has 0 bridgehead atoms. The molecular weight excluding hydrogens is 221 g/mol. The number of aromatic nitrogens is 2. The van der Waals surface area contributed by atoms with E-state index in [1.165, 1.54) is 6.07 Å². The van der Waals surface area contributed by atoms with Crippen LogP contribution in [0.25, 0.3) is 11.0 Å². The van der Waals surface area contributed by atoms with Crippen LogP contribution in [0, 0.1) is 6.92 Å². The lowest BCUT2D eigenvalue weighted by atomic mass is 10.2. The van der Waals surface area contributed by atoms with Gasteiger partial charge in [0.1, 0.15) is 6.33 Å². The molecular formula is C10H7F3N2O. The smallest absolute Gasteiger partial charge is 0.264 e. The fourth-order valence-electron chi connectivity index (χ4n) is 1.42. The third kappa shape index (κ3) is 1.66. The molecule has 1 heterocycles. The maximum Gasteiger partial charge on any atom is 0.472 e. The van der Waals surface area contributed by atoms with Crippen LogP contribution in [0.15, 0.2) is 24.5 Å². The first kappa shape index (κ1) is 10.7. The van der Waals surface area contributed by atoms with Crippen LogP contribution in [0.3, 0.4) is 0 Å². The van der Waals surface area contributed by atoms with Gasteiger partial charge < -0.3 is 0 Å². The molecule has 16 heavy (non-hydrogen) atoms. The Balaban J connectivity index is 2.62. The molecule has 0 radical (unpaired) electrons. The summed E-state index contributed by atoms with van der Waals surface area (Å²) in [4.78, 5) is 14.8. The number of hydrogen-bond donors (Lipinski definition) is 0. The summed E-state index contributed by atoms with van der Waals surface area (Å²) in [5.41, 5.74) is 1.30. The zero-order valence-corrected chi connectivity index (χ0v) is 8.25. The summed E-state index contributed by atoms with van der Waals surface area (Å²) in [6.45, 7) is 1.73. The number of alkyl halides is 3. The number of carbonyl (C=O) groups excluding carboxylic acids is 1. The van der Waals surface area contributed by atoms with Gasteiger partial charge in [0.2, 0.25) is 0 Å². The Morgan fingerprint density at radius 2 is 2.06 bits per heavy atom. The summed E-state index contributed by atoms with van der Waals surface area (Å²) in [7, 11) is 0. The van der Waals surface area contributed by atoms with Gasteiger partial charge in [0, 0.05) is 0 Å². The highest BCUT2D eigenvalue weighted by Crippen LogP contribution is 2.21. The quantitative estimate of drug-likeness (QED) is 0.694. The molecule has 3 nitrogen and oxygen atoms in total. The molecule has 0 aliphatic heterocycles. The van der Waals surface area contributed by atoms with E-state index in [-0.39, 0.29) is 5.52 Å². The van der Waals surface area contributed by atoms with Gasteiger partial charge in [-0.05, 0) is 24.6 Å². The maximum absolute atomic E-state index is 12.2. The Morgan fingerprint density at radius 1 is 1.38 bits per heavy atom. The molecule has 0 N–H and O–H groups in total. The Morgan fingerprint density at radius 3 is 2.69 bits per heavy atom. The summed E-state index contributed by atoms with van der Waals surface area (Å²) < 4.78 is 37.2. The second-order valence-corrected chi connectivity index (χ2v) is 3.41. The number of benzene rings is 1. The molecule has 0 aliphatic rings. The van der Waals surface area contributed by atoms with E-state index in [2.05, 4.69) is 4.98 Å². The van der Waals surface area contributed by atoms with E-state index in [1.807, 2.05) is 0 Å². The zero-order chi connectivity index (χ0) is 11.9. The fourth-order valence-corrected chi connectivity index (χ4v) is 1.42. The van der Waals surface area contributed by atoms with Crippen molar-refractivity contribution in [2.75, 3.05) is 0 Å². The number of halogens is 3. The van der Waals surface area contributed by atoms with Crippen molar-refractivity contribution in [1.82, 2.24) is 9.55 Å². The van der Waals surface area contributed by atoms with Gasteiger partial charge in [-0.3, -0.25) is 9.36 Å². The van der Waals surface area contributed by atoms with Crippen molar-refractivity contribution in [2.24, 2.45) is 0 Å². The van der Waals surface area contributed by atoms with Crippen LogP contribution in [0.4, 0.5) is 13.2 Å². The van der Waals surface area contributed by atoms with Gasteiger partial charge >= 0.3 is 12.1 Å². The van der Waals surface area contributed by atoms with E-state index < -0.39 is 12.1 Å². The molecule has 2 aromatic rings. The average molecular weight is 228 g/mol. The SMILES string of the molecule is Cc1ccc2ncn(C(=O)C(F)(F)F)c2c1. The molecule has 0 fully saturated rings. The molecule has 0 saturated heterocycles. The van der Waals surface area contributed by atoms with Gasteiger partial charge in [0.25, 0.3) is 0 Å². The second kappa shape index (κ2) is 3.33. The van der Waals surface area contributed by atoms with E-state index in [9.17, 15) is 18.0 Å². The van der Waals surface area contributed by atoms with Crippen molar-refractivity contribution in [2.45, 2.75) is 13.1 Å². The van der Waals surface area contributed by atoms with Gasteiger partial charge in [-0.15, -0.1) is 0 Å². The minimum Gasteiger partial charge on any atom is -0.264 e. The van der Waals surface area contributed by atoms with E-state index >= 15 is 0 Å². The van der Waals surface area contributed by atoms with Crippen molar-refractivity contribution in [3.05, 3.63) is 30.1 Å². The molecule has 1 aromatic carbocycles. The monoisotopic (exact) mass is 228 g/mol. The lowest BCUT2D eigenvalue weighted by molar-refractivity contribution is -0.0943. The summed E-state index contributed by atoms with van der Waals surface area (Å²) in [6, 6.07) is 4.79. The molecule has 0 saturated carbocycles. The number of fused-ring (bicyclic) bond motifs is 1. The zero-order valence-electron chi connectivity index (χ0n) is 8.25. The van der Waals surface area contributed by atoms with Crippen molar-refractivity contribution < 1.29 is 18.0 Å². The maximum atomic E-state index is 12.2. The Hall–Kier alpha value is -1.85. The molecule has 2 rings (SSSR count). The standard InChI is InChI=1S/C10H7F3N2O/c1-6-2-3-7-8(4-6)15(5-14-7)9(16)10(11,12)13/h2-5H,1H3. The number of rotatable bonds is 0. The van der Waals surface area contributed by atoms with Crippen LogP contribution in [-0.2, 0) is 0 Å². The normalized spacial score (nSPS) is 12.0. The van der Waals surface area contributed by atoms with Gasteiger partial charge in [0.15, 0.2) is 0 Å².